The summed E-state index contributed by atoms with van der Waals surface area (Å²) in [5.41, 5.74) is 2.11. The molecule has 1 saturated heterocycles. The van der Waals surface area contributed by atoms with Gasteiger partial charge in [-0.15, -0.1) is 11.3 Å². The standard InChI is InChI=1S/C21H18BrClFN3OS/c22-15-8-6-14(7-9-15)20-13-29-21(25-11-16-3-2-10-28-16)27(20)26-12-17-18(23)4-1-5-19(17)24/h1,4-9,12-13,16H,2-3,10-11H2. The molecule has 1 unspecified atom stereocenters. The Morgan fingerprint density at radius 1 is 1.28 bits per heavy atom. The zero-order chi connectivity index (χ0) is 20.2. The maximum atomic E-state index is 14.2. The molecule has 1 aliphatic heterocycles. The number of halogens is 3. The zero-order valence-corrected chi connectivity index (χ0v) is 18.6. The first-order valence-electron chi connectivity index (χ1n) is 9.19. The van der Waals surface area contributed by atoms with Gasteiger partial charge in [0.2, 0.25) is 4.80 Å². The summed E-state index contributed by atoms with van der Waals surface area (Å²) in [7, 11) is 0. The Labute approximate surface area is 185 Å². The molecule has 0 saturated carbocycles. The second-order valence-corrected chi connectivity index (χ2v) is 8.74. The molecule has 0 spiro atoms. The van der Waals surface area contributed by atoms with Crippen molar-refractivity contribution in [3.63, 3.8) is 0 Å². The van der Waals surface area contributed by atoms with Crippen LogP contribution in [-0.2, 0) is 4.74 Å². The van der Waals surface area contributed by atoms with E-state index in [2.05, 4.69) is 21.0 Å². The number of aromatic nitrogens is 1. The minimum absolute atomic E-state index is 0.145. The minimum atomic E-state index is -0.417. The average Bonchev–Trinajstić information content (AvgIpc) is 3.36. The Morgan fingerprint density at radius 3 is 2.83 bits per heavy atom. The summed E-state index contributed by atoms with van der Waals surface area (Å²) >= 11 is 11.1. The van der Waals surface area contributed by atoms with Crippen LogP contribution in [0, 0.1) is 5.82 Å². The molecule has 4 rings (SSSR count). The van der Waals surface area contributed by atoms with Gasteiger partial charge in [-0.25, -0.2) is 9.07 Å². The molecule has 4 nitrogen and oxygen atoms in total. The highest BCUT2D eigenvalue weighted by Gasteiger charge is 2.15. The monoisotopic (exact) mass is 493 g/mol. The van der Waals surface area contributed by atoms with E-state index in [0.29, 0.717) is 11.6 Å². The van der Waals surface area contributed by atoms with E-state index >= 15 is 0 Å². The van der Waals surface area contributed by atoms with E-state index in [0.717, 1.165) is 40.0 Å². The van der Waals surface area contributed by atoms with Crippen LogP contribution >= 0.6 is 38.9 Å². The van der Waals surface area contributed by atoms with Crippen LogP contribution in [0.4, 0.5) is 4.39 Å². The van der Waals surface area contributed by atoms with Gasteiger partial charge in [-0.3, -0.25) is 4.99 Å². The van der Waals surface area contributed by atoms with Gasteiger partial charge in [0.1, 0.15) is 5.82 Å². The van der Waals surface area contributed by atoms with Gasteiger partial charge >= 0.3 is 0 Å². The first-order valence-corrected chi connectivity index (χ1v) is 11.2. The van der Waals surface area contributed by atoms with Gasteiger partial charge < -0.3 is 4.74 Å². The van der Waals surface area contributed by atoms with Crippen molar-refractivity contribution in [2.75, 3.05) is 13.2 Å². The first kappa shape index (κ1) is 20.5. The smallest absolute Gasteiger partial charge is 0.206 e. The van der Waals surface area contributed by atoms with Gasteiger partial charge in [0.15, 0.2) is 0 Å². The molecule has 0 amide bonds. The second kappa shape index (κ2) is 9.34. The number of ether oxygens (including phenoxy) is 1. The van der Waals surface area contributed by atoms with E-state index in [1.54, 1.807) is 16.8 Å². The van der Waals surface area contributed by atoms with Gasteiger partial charge in [0.05, 0.1) is 29.6 Å². The number of thiazole rings is 1. The molecule has 2 heterocycles. The van der Waals surface area contributed by atoms with Crippen molar-refractivity contribution in [1.82, 2.24) is 4.68 Å². The fraction of sp³-hybridized carbons (Fsp3) is 0.238. The van der Waals surface area contributed by atoms with Crippen molar-refractivity contribution in [3.8, 4) is 11.3 Å². The molecule has 8 heteroatoms. The summed E-state index contributed by atoms with van der Waals surface area (Å²) in [4.78, 5) is 5.44. The minimum Gasteiger partial charge on any atom is -0.376 e. The Balaban J connectivity index is 1.75. The van der Waals surface area contributed by atoms with Crippen molar-refractivity contribution in [2.45, 2.75) is 18.9 Å². The molecule has 0 radical (unpaired) electrons. The van der Waals surface area contributed by atoms with Gasteiger partial charge in [0.25, 0.3) is 0 Å². The molecule has 1 aliphatic rings. The molecule has 1 fully saturated rings. The molecule has 2 aromatic carbocycles. The fourth-order valence-corrected chi connectivity index (χ4v) is 4.38. The van der Waals surface area contributed by atoms with Crippen LogP contribution in [0.3, 0.4) is 0 Å². The summed E-state index contributed by atoms with van der Waals surface area (Å²) in [5, 5.41) is 6.84. The maximum Gasteiger partial charge on any atom is 0.206 e. The molecule has 150 valence electrons. The first-order chi connectivity index (χ1) is 14.1. The average molecular weight is 495 g/mol. The van der Waals surface area contributed by atoms with Crippen LogP contribution in [0.25, 0.3) is 11.3 Å². The van der Waals surface area contributed by atoms with E-state index in [4.69, 9.17) is 21.3 Å². The van der Waals surface area contributed by atoms with Crippen LogP contribution in [0.2, 0.25) is 5.02 Å². The summed E-state index contributed by atoms with van der Waals surface area (Å²) in [6.45, 7) is 1.37. The van der Waals surface area contributed by atoms with Gasteiger partial charge in [0, 0.05) is 27.6 Å². The normalized spacial score (nSPS) is 17.5. The fourth-order valence-electron chi connectivity index (χ4n) is 3.06. The van der Waals surface area contributed by atoms with Crippen molar-refractivity contribution in [2.24, 2.45) is 10.1 Å². The van der Waals surface area contributed by atoms with Crippen LogP contribution in [0.1, 0.15) is 18.4 Å². The highest BCUT2D eigenvalue weighted by atomic mass is 79.9. The second-order valence-electron chi connectivity index (χ2n) is 6.58. The third-order valence-electron chi connectivity index (χ3n) is 4.58. The highest BCUT2D eigenvalue weighted by Crippen LogP contribution is 2.23. The predicted molar refractivity (Wildman–Crippen MR) is 119 cm³/mol. The number of hydrogen-bond donors (Lipinski definition) is 0. The Kier molecular flexibility index (Phi) is 6.60. The lowest BCUT2D eigenvalue weighted by Gasteiger charge is -2.06. The number of rotatable bonds is 5. The Hall–Kier alpha value is -1.80. The van der Waals surface area contributed by atoms with Gasteiger partial charge in [-0.05, 0) is 37.1 Å². The lowest BCUT2D eigenvalue weighted by Crippen LogP contribution is -2.17. The molecule has 0 bridgehead atoms. The molecule has 3 aromatic rings. The summed E-state index contributed by atoms with van der Waals surface area (Å²) in [6.07, 6.45) is 3.67. The van der Waals surface area contributed by atoms with Crippen molar-refractivity contribution in [3.05, 3.63) is 73.5 Å². The number of benzene rings is 2. The van der Waals surface area contributed by atoms with Crippen molar-refractivity contribution < 1.29 is 9.13 Å². The lowest BCUT2D eigenvalue weighted by molar-refractivity contribution is 0.117. The third-order valence-corrected chi connectivity index (χ3v) is 6.29. The van der Waals surface area contributed by atoms with E-state index in [1.807, 2.05) is 29.6 Å². The zero-order valence-electron chi connectivity index (χ0n) is 15.4. The SMILES string of the molecule is Fc1cccc(Cl)c1C=Nn1c(-c2ccc(Br)cc2)csc1=NCC1CCCO1. The van der Waals surface area contributed by atoms with Gasteiger partial charge in [-0.2, -0.15) is 5.10 Å². The van der Waals surface area contributed by atoms with Gasteiger partial charge in [-0.1, -0.05) is 45.7 Å². The Morgan fingerprint density at radius 2 is 2.10 bits per heavy atom. The highest BCUT2D eigenvalue weighted by molar-refractivity contribution is 9.10. The van der Waals surface area contributed by atoms with Crippen LogP contribution < -0.4 is 4.80 Å². The topological polar surface area (TPSA) is 38.9 Å². The van der Waals surface area contributed by atoms with E-state index < -0.39 is 5.82 Å². The third kappa shape index (κ3) is 4.86. The van der Waals surface area contributed by atoms with Crippen LogP contribution in [-0.4, -0.2) is 30.1 Å². The number of hydrogen-bond acceptors (Lipinski definition) is 4. The van der Waals surface area contributed by atoms with Crippen LogP contribution in [0.15, 0.2) is 62.4 Å². The molecule has 0 N–H and O–H groups in total. The van der Waals surface area contributed by atoms with Crippen LogP contribution in [0.5, 0.6) is 0 Å². The molecular formula is C21H18BrClFN3OS. The van der Waals surface area contributed by atoms with E-state index in [9.17, 15) is 4.39 Å². The predicted octanol–water partition coefficient (Wildman–Crippen LogP) is 5.73. The molecule has 1 atom stereocenters. The summed E-state index contributed by atoms with van der Waals surface area (Å²) in [6, 6.07) is 12.5. The largest absolute Gasteiger partial charge is 0.376 e. The lowest BCUT2D eigenvalue weighted by atomic mass is 10.2. The van der Waals surface area contributed by atoms with E-state index in [1.165, 1.54) is 23.6 Å². The summed E-state index contributed by atoms with van der Waals surface area (Å²) in [5.74, 6) is -0.417. The molecule has 29 heavy (non-hydrogen) atoms. The number of nitrogens with zero attached hydrogens (tertiary/aromatic N) is 3. The molecule has 1 aromatic heterocycles. The maximum absolute atomic E-state index is 14.2. The van der Waals surface area contributed by atoms with E-state index in [-0.39, 0.29) is 11.7 Å². The Bertz CT molecular complexity index is 1070. The quantitative estimate of drug-likeness (QED) is 0.417. The van der Waals surface area contributed by atoms with Crippen molar-refractivity contribution >= 4 is 45.1 Å². The van der Waals surface area contributed by atoms with Crippen molar-refractivity contribution in [1.29, 1.82) is 0 Å². The molecule has 0 aliphatic carbocycles. The summed E-state index contributed by atoms with van der Waals surface area (Å²) < 4.78 is 22.6. The molecular weight excluding hydrogens is 477 g/mol.